The van der Waals surface area contributed by atoms with Crippen molar-refractivity contribution in [1.29, 1.82) is 0 Å². The predicted molar refractivity (Wildman–Crippen MR) is 103 cm³/mol. The fourth-order valence-corrected chi connectivity index (χ4v) is 2.65. The molecule has 0 aliphatic carbocycles. The highest BCUT2D eigenvalue weighted by atomic mass is 16.1. The Morgan fingerprint density at radius 2 is 1.76 bits per heavy atom. The maximum atomic E-state index is 12.4. The van der Waals surface area contributed by atoms with Gasteiger partial charge < -0.3 is 15.1 Å². The highest BCUT2D eigenvalue weighted by molar-refractivity contribution is 5.94. The van der Waals surface area contributed by atoms with Crippen LogP contribution in [0.15, 0.2) is 42.6 Å². The van der Waals surface area contributed by atoms with Gasteiger partial charge in [-0.2, -0.15) is 0 Å². The largest absolute Gasteiger partial charge is 0.363 e. The van der Waals surface area contributed by atoms with E-state index >= 15 is 0 Å². The normalized spacial score (nSPS) is 12.1. The zero-order chi connectivity index (χ0) is 18.4. The fourth-order valence-electron chi connectivity index (χ4n) is 2.65. The van der Waals surface area contributed by atoms with Gasteiger partial charge in [0, 0.05) is 26.8 Å². The summed E-state index contributed by atoms with van der Waals surface area (Å²) >= 11 is 0. The first-order valence-corrected chi connectivity index (χ1v) is 8.59. The number of hydrogen-bond donors (Lipinski definition) is 1. The van der Waals surface area contributed by atoms with E-state index in [0.29, 0.717) is 12.1 Å². The van der Waals surface area contributed by atoms with Crippen molar-refractivity contribution < 1.29 is 4.79 Å². The predicted octanol–water partition coefficient (Wildman–Crippen LogP) is 2.74. The van der Waals surface area contributed by atoms with Crippen molar-refractivity contribution >= 4 is 11.7 Å². The molecule has 0 radical (unpaired) electrons. The van der Waals surface area contributed by atoms with Crippen molar-refractivity contribution in [3.8, 4) is 0 Å². The summed E-state index contributed by atoms with van der Waals surface area (Å²) in [5.74, 6) is 0.730. The molecule has 1 N–H and O–H groups in total. The molecule has 0 spiro atoms. The number of likely N-dealkylation sites (N-methyl/N-ethyl adjacent to an activating group) is 1. The molecular formula is C20H28N4O. The van der Waals surface area contributed by atoms with Crippen LogP contribution < -0.4 is 10.2 Å². The molecule has 1 aromatic carbocycles. The molecule has 0 fully saturated rings. The summed E-state index contributed by atoms with van der Waals surface area (Å²) in [5.41, 5.74) is 3.09. The van der Waals surface area contributed by atoms with Gasteiger partial charge in [0.2, 0.25) is 0 Å². The van der Waals surface area contributed by atoms with Crippen LogP contribution in [0.25, 0.3) is 0 Å². The summed E-state index contributed by atoms with van der Waals surface area (Å²) in [4.78, 5) is 20.7. The third-order valence-electron chi connectivity index (χ3n) is 4.32. The summed E-state index contributed by atoms with van der Waals surface area (Å²) in [6.45, 7) is 2.70. The van der Waals surface area contributed by atoms with Crippen molar-refractivity contribution in [2.24, 2.45) is 0 Å². The summed E-state index contributed by atoms with van der Waals surface area (Å²) < 4.78 is 0. The zero-order valence-corrected chi connectivity index (χ0v) is 15.8. The van der Waals surface area contributed by atoms with Gasteiger partial charge in [0.05, 0.1) is 11.6 Å². The van der Waals surface area contributed by atoms with Crippen molar-refractivity contribution in [2.45, 2.75) is 19.4 Å². The SMILES string of the molecule is CCc1ccc(C(CNC(=O)c2ccc(N(C)C)nc2)N(C)C)cc1. The molecule has 0 saturated carbocycles. The van der Waals surface area contributed by atoms with Crippen LogP contribution in [0.4, 0.5) is 5.82 Å². The molecule has 1 heterocycles. The summed E-state index contributed by atoms with van der Waals surface area (Å²) in [5, 5.41) is 3.02. The van der Waals surface area contributed by atoms with E-state index in [1.165, 1.54) is 11.1 Å². The van der Waals surface area contributed by atoms with Crippen molar-refractivity contribution in [3.63, 3.8) is 0 Å². The van der Waals surface area contributed by atoms with Gasteiger partial charge >= 0.3 is 0 Å². The van der Waals surface area contributed by atoms with E-state index in [0.717, 1.165) is 12.2 Å². The van der Waals surface area contributed by atoms with E-state index in [1.54, 1.807) is 12.3 Å². The Morgan fingerprint density at radius 3 is 2.24 bits per heavy atom. The Morgan fingerprint density at radius 1 is 1.08 bits per heavy atom. The van der Waals surface area contributed by atoms with E-state index in [1.807, 2.05) is 39.2 Å². The van der Waals surface area contributed by atoms with Gasteiger partial charge in [0.1, 0.15) is 5.82 Å². The lowest BCUT2D eigenvalue weighted by molar-refractivity contribution is 0.0941. The molecule has 25 heavy (non-hydrogen) atoms. The zero-order valence-electron chi connectivity index (χ0n) is 15.8. The molecule has 1 unspecified atom stereocenters. The first-order chi connectivity index (χ1) is 11.9. The number of benzene rings is 1. The number of anilines is 1. The van der Waals surface area contributed by atoms with Gasteiger partial charge in [-0.25, -0.2) is 4.98 Å². The van der Waals surface area contributed by atoms with Crippen molar-refractivity contribution in [3.05, 3.63) is 59.3 Å². The quantitative estimate of drug-likeness (QED) is 0.842. The van der Waals surface area contributed by atoms with Crippen LogP contribution in [0, 0.1) is 0 Å². The fraction of sp³-hybridized carbons (Fsp3) is 0.400. The molecule has 2 rings (SSSR count). The van der Waals surface area contributed by atoms with Crippen molar-refractivity contribution in [1.82, 2.24) is 15.2 Å². The molecule has 0 bridgehead atoms. The van der Waals surface area contributed by atoms with Crippen LogP contribution >= 0.6 is 0 Å². The monoisotopic (exact) mass is 340 g/mol. The molecule has 134 valence electrons. The summed E-state index contributed by atoms with van der Waals surface area (Å²) in [6.07, 6.45) is 2.64. The summed E-state index contributed by atoms with van der Waals surface area (Å²) in [7, 11) is 7.90. The Labute approximate surface area is 150 Å². The lowest BCUT2D eigenvalue weighted by Crippen LogP contribution is -2.34. The molecular weight excluding hydrogens is 312 g/mol. The second kappa shape index (κ2) is 8.62. The minimum Gasteiger partial charge on any atom is -0.363 e. The van der Waals surface area contributed by atoms with Gasteiger partial charge in [-0.1, -0.05) is 31.2 Å². The summed E-state index contributed by atoms with van der Waals surface area (Å²) in [6, 6.07) is 12.4. The third kappa shape index (κ3) is 5.03. The second-order valence-electron chi connectivity index (χ2n) is 6.58. The lowest BCUT2D eigenvalue weighted by atomic mass is 10.0. The highest BCUT2D eigenvalue weighted by Gasteiger charge is 2.16. The van der Waals surface area contributed by atoms with E-state index in [4.69, 9.17) is 0 Å². The molecule has 2 aromatic rings. The topological polar surface area (TPSA) is 48.5 Å². The van der Waals surface area contributed by atoms with Crippen LogP contribution in [0.3, 0.4) is 0 Å². The molecule has 1 aromatic heterocycles. The number of amides is 1. The molecule has 0 aliphatic rings. The minimum atomic E-state index is -0.102. The van der Waals surface area contributed by atoms with Gasteiger partial charge in [-0.15, -0.1) is 0 Å². The number of nitrogens with one attached hydrogen (secondary N) is 1. The van der Waals surface area contributed by atoms with E-state index in [9.17, 15) is 4.79 Å². The number of aromatic nitrogens is 1. The maximum Gasteiger partial charge on any atom is 0.252 e. The number of nitrogens with zero attached hydrogens (tertiary/aromatic N) is 3. The minimum absolute atomic E-state index is 0.102. The number of pyridine rings is 1. The molecule has 5 heteroatoms. The smallest absolute Gasteiger partial charge is 0.252 e. The van der Waals surface area contributed by atoms with Crippen LogP contribution in [0.5, 0.6) is 0 Å². The highest BCUT2D eigenvalue weighted by Crippen LogP contribution is 2.18. The average Bonchev–Trinajstić information content (AvgIpc) is 2.62. The Bertz CT molecular complexity index is 678. The van der Waals surface area contributed by atoms with Crippen LogP contribution in [0.1, 0.15) is 34.5 Å². The number of rotatable bonds is 7. The Balaban J connectivity index is 2.03. The Kier molecular flexibility index (Phi) is 6.53. The lowest BCUT2D eigenvalue weighted by Gasteiger charge is -2.25. The molecule has 0 saturated heterocycles. The molecule has 1 atom stereocenters. The maximum absolute atomic E-state index is 12.4. The Hall–Kier alpha value is -2.40. The molecule has 1 amide bonds. The van der Waals surface area contributed by atoms with Gasteiger partial charge in [0.15, 0.2) is 0 Å². The number of aryl methyl sites for hydroxylation is 1. The number of hydrogen-bond acceptors (Lipinski definition) is 4. The number of carbonyl (C=O) groups excluding carboxylic acids is 1. The number of carbonyl (C=O) groups is 1. The van der Waals surface area contributed by atoms with Crippen LogP contribution in [-0.2, 0) is 6.42 Å². The van der Waals surface area contributed by atoms with Gasteiger partial charge in [0.25, 0.3) is 5.91 Å². The van der Waals surface area contributed by atoms with Gasteiger partial charge in [-0.05, 0) is 43.8 Å². The second-order valence-corrected chi connectivity index (χ2v) is 6.58. The van der Waals surface area contributed by atoms with E-state index in [2.05, 4.69) is 46.4 Å². The van der Waals surface area contributed by atoms with Crippen molar-refractivity contribution in [2.75, 3.05) is 39.6 Å². The molecule has 5 nitrogen and oxygen atoms in total. The van der Waals surface area contributed by atoms with E-state index < -0.39 is 0 Å². The average molecular weight is 340 g/mol. The van der Waals surface area contributed by atoms with Crippen LogP contribution in [0.2, 0.25) is 0 Å². The van der Waals surface area contributed by atoms with Crippen LogP contribution in [-0.4, -0.2) is 50.5 Å². The molecule has 0 aliphatic heterocycles. The van der Waals surface area contributed by atoms with E-state index in [-0.39, 0.29) is 11.9 Å². The third-order valence-corrected chi connectivity index (χ3v) is 4.32. The first kappa shape index (κ1) is 18.9. The first-order valence-electron chi connectivity index (χ1n) is 8.59. The standard InChI is InChI=1S/C20H28N4O/c1-6-15-7-9-16(10-8-15)18(23(2)3)14-22-20(25)17-11-12-19(21-13-17)24(4)5/h7-13,18H,6,14H2,1-5H3,(H,22,25). The van der Waals surface area contributed by atoms with Gasteiger partial charge in [-0.3, -0.25) is 4.79 Å².